The molecule has 0 aliphatic rings. The van der Waals surface area contributed by atoms with Crippen molar-refractivity contribution in [2.45, 2.75) is 13.3 Å². The molecule has 0 saturated heterocycles. The molecule has 0 aliphatic heterocycles. The van der Waals surface area contributed by atoms with Crippen molar-refractivity contribution in [3.05, 3.63) is 53.6 Å². The number of carbonyl (C=O) groups excluding carboxylic acids is 2. The summed E-state index contributed by atoms with van der Waals surface area (Å²) >= 11 is 0. The van der Waals surface area contributed by atoms with Crippen molar-refractivity contribution in [3.8, 4) is 11.5 Å². The first-order valence-electron chi connectivity index (χ1n) is 7.86. The number of hydrogen-bond acceptors (Lipinski definition) is 4. The van der Waals surface area contributed by atoms with Crippen LogP contribution in [0.2, 0.25) is 0 Å². The number of methoxy groups -OCH3 is 2. The molecule has 0 fully saturated rings. The van der Waals surface area contributed by atoms with Gasteiger partial charge >= 0.3 is 0 Å². The van der Waals surface area contributed by atoms with Crippen LogP contribution in [0.25, 0.3) is 0 Å². The lowest BCUT2D eigenvalue weighted by molar-refractivity contribution is -0.123. The molecule has 25 heavy (non-hydrogen) atoms. The number of aryl methyl sites for hydroxylation is 1. The quantitative estimate of drug-likeness (QED) is 0.809. The van der Waals surface area contributed by atoms with Gasteiger partial charge in [0.25, 0.3) is 0 Å². The average molecular weight is 342 g/mol. The summed E-state index contributed by atoms with van der Waals surface area (Å²) in [6, 6.07) is 12.7. The summed E-state index contributed by atoms with van der Waals surface area (Å²) in [7, 11) is 3.06. The van der Waals surface area contributed by atoms with E-state index in [-0.39, 0.29) is 24.8 Å². The van der Waals surface area contributed by atoms with Gasteiger partial charge in [-0.1, -0.05) is 24.3 Å². The van der Waals surface area contributed by atoms with Gasteiger partial charge < -0.3 is 20.1 Å². The van der Waals surface area contributed by atoms with Gasteiger partial charge in [0.2, 0.25) is 11.8 Å². The molecular formula is C19H22N2O4. The third-order valence-corrected chi connectivity index (χ3v) is 3.74. The minimum absolute atomic E-state index is 0.120. The molecule has 0 spiro atoms. The molecule has 0 radical (unpaired) electrons. The monoisotopic (exact) mass is 342 g/mol. The van der Waals surface area contributed by atoms with Crippen LogP contribution in [0.5, 0.6) is 11.5 Å². The summed E-state index contributed by atoms with van der Waals surface area (Å²) in [6.45, 7) is 1.83. The standard InChI is InChI=1S/C19H22N2O4/c1-13-6-4-5-7-14(13)10-18(22)20-12-19(23)21-16-11-15(24-2)8-9-17(16)25-3/h4-9,11H,10,12H2,1-3H3,(H,20,22)(H,21,23). The van der Waals surface area contributed by atoms with Gasteiger partial charge in [0.1, 0.15) is 11.5 Å². The zero-order chi connectivity index (χ0) is 18.2. The molecule has 2 amide bonds. The Kier molecular flexibility index (Phi) is 6.39. The zero-order valence-electron chi connectivity index (χ0n) is 14.6. The van der Waals surface area contributed by atoms with Gasteiger partial charge in [0.15, 0.2) is 0 Å². The number of hydrogen-bond donors (Lipinski definition) is 2. The van der Waals surface area contributed by atoms with Crippen LogP contribution < -0.4 is 20.1 Å². The first-order chi connectivity index (χ1) is 12.0. The van der Waals surface area contributed by atoms with Crippen molar-refractivity contribution in [2.24, 2.45) is 0 Å². The van der Waals surface area contributed by atoms with Crippen LogP contribution in [0, 0.1) is 6.92 Å². The number of ether oxygens (including phenoxy) is 2. The molecule has 2 N–H and O–H groups in total. The van der Waals surface area contributed by atoms with Crippen molar-refractivity contribution in [2.75, 3.05) is 26.1 Å². The second-order valence-corrected chi connectivity index (χ2v) is 5.49. The molecule has 0 atom stereocenters. The number of amides is 2. The van der Waals surface area contributed by atoms with Crippen LogP contribution in [0.1, 0.15) is 11.1 Å². The predicted octanol–water partition coefficient (Wildman–Crippen LogP) is 2.31. The lowest BCUT2D eigenvalue weighted by atomic mass is 10.1. The molecule has 2 aromatic carbocycles. The van der Waals surface area contributed by atoms with Crippen LogP contribution in [-0.2, 0) is 16.0 Å². The normalized spacial score (nSPS) is 10.0. The number of anilines is 1. The van der Waals surface area contributed by atoms with E-state index in [0.717, 1.165) is 11.1 Å². The van der Waals surface area contributed by atoms with Crippen LogP contribution >= 0.6 is 0 Å². The summed E-state index contributed by atoms with van der Waals surface area (Å²) in [5.74, 6) is 0.562. The fourth-order valence-corrected chi connectivity index (χ4v) is 2.33. The maximum atomic E-state index is 12.1. The molecule has 0 bridgehead atoms. The first kappa shape index (κ1) is 18.3. The van der Waals surface area contributed by atoms with Crippen LogP contribution in [0.4, 0.5) is 5.69 Å². The number of rotatable bonds is 7. The van der Waals surface area contributed by atoms with Crippen molar-refractivity contribution in [1.29, 1.82) is 0 Å². The minimum atomic E-state index is -0.343. The maximum Gasteiger partial charge on any atom is 0.243 e. The highest BCUT2D eigenvalue weighted by atomic mass is 16.5. The predicted molar refractivity (Wildman–Crippen MR) is 96.1 cm³/mol. The minimum Gasteiger partial charge on any atom is -0.497 e. The molecule has 6 heteroatoms. The molecular weight excluding hydrogens is 320 g/mol. The lowest BCUT2D eigenvalue weighted by Crippen LogP contribution is -2.34. The Labute approximate surface area is 147 Å². The zero-order valence-corrected chi connectivity index (χ0v) is 14.6. The Bertz CT molecular complexity index is 759. The summed E-state index contributed by atoms with van der Waals surface area (Å²) in [5, 5.41) is 5.33. The average Bonchev–Trinajstić information content (AvgIpc) is 2.62. The van der Waals surface area contributed by atoms with Crippen molar-refractivity contribution in [1.82, 2.24) is 5.32 Å². The topological polar surface area (TPSA) is 76.7 Å². The van der Waals surface area contributed by atoms with E-state index in [2.05, 4.69) is 10.6 Å². The van der Waals surface area contributed by atoms with Gasteiger partial charge in [-0.3, -0.25) is 9.59 Å². The summed E-state index contributed by atoms with van der Waals surface area (Å²) in [5.41, 5.74) is 2.47. The van der Waals surface area contributed by atoms with E-state index in [0.29, 0.717) is 17.2 Å². The van der Waals surface area contributed by atoms with Gasteiger partial charge in [-0.05, 0) is 30.2 Å². The van der Waals surface area contributed by atoms with E-state index in [1.165, 1.54) is 7.11 Å². The molecule has 0 heterocycles. The molecule has 0 aliphatic carbocycles. The highest BCUT2D eigenvalue weighted by Crippen LogP contribution is 2.28. The van der Waals surface area contributed by atoms with Crippen molar-refractivity contribution >= 4 is 17.5 Å². The van der Waals surface area contributed by atoms with Crippen molar-refractivity contribution in [3.63, 3.8) is 0 Å². The molecule has 2 rings (SSSR count). The number of benzene rings is 2. The fourth-order valence-electron chi connectivity index (χ4n) is 2.33. The third-order valence-electron chi connectivity index (χ3n) is 3.74. The largest absolute Gasteiger partial charge is 0.497 e. The highest BCUT2D eigenvalue weighted by Gasteiger charge is 2.11. The summed E-state index contributed by atoms with van der Waals surface area (Å²) in [4.78, 5) is 24.1. The van der Waals surface area contributed by atoms with E-state index in [9.17, 15) is 9.59 Å². The second kappa shape index (κ2) is 8.73. The van der Waals surface area contributed by atoms with Crippen LogP contribution in [-0.4, -0.2) is 32.6 Å². The molecule has 0 unspecified atom stereocenters. The highest BCUT2D eigenvalue weighted by molar-refractivity contribution is 5.96. The fraction of sp³-hybridized carbons (Fsp3) is 0.263. The van der Waals surface area contributed by atoms with E-state index < -0.39 is 0 Å². The molecule has 0 aromatic heterocycles. The number of nitrogens with one attached hydrogen (secondary N) is 2. The Morgan fingerprint density at radius 1 is 1.00 bits per heavy atom. The Morgan fingerprint density at radius 3 is 2.44 bits per heavy atom. The smallest absolute Gasteiger partial charge is 0.243 e. The summed E-state index contributed by atoms with van der Waals surface area (Å²) < 4.78 is 10.3. The van der Waals surface area contributed by atoms with Gasteiger partial charge in [-0.2, -0.15) is 0 Å². The first-order valence-corrected chi connectivity index (χ1v) is 7.86. The summed E-state index contributed by atoms with van der Waals surface area (Å²) in [6.07, 6.45) is 0.239. The SMILES string of the molecule is COc1ccc(OC)c(NC(=O)CNC(=O)Cc2ccccc2C)c1. The molecule has 132 valence electrons. The van der Waals surface area contributed by atoms with Gasteiger partial charge in [0.05, 0.1) is 32.9 Å². The van der Waals surface area contributed by atoms with E-state index in [1.54, 1.807) is 25.3 Å². The maximum absolute atomic E-state index is 12.1. The Morgan fingerprint density at radius 2 is 1.76 bits per heavy atom. The second-order valence-electron chi connectivity index (χ2n) is 5.49. The van der Waals surface area contributed by atoms with E-state index in [1.807, 2.05) is 31.2 Å². The lowest BCUT2D eigenvalue weighted by Gasteiger charge is -2.12. The molecule has 2 aromatic rings. The van der Waals surface area contributed by atoms with Gasteiger partial charge in [0, 0.05) is 6.07 Å². The third kappa shape index (κ3) is 5.24. The number of carbonyl (C=O) groups is 2. The Balaban J connectivity index is 1.90. The molecule has 6 nitrogen and oxygen atoms in total. The van der Waals surface area contributed by atoms with Crippen molar-refractivity contribution < 1.29 is 19.1 Å². The van der Waals surface area contributed by atoms with Gasteiger partial charge in [-0.25, -0.2) is 0 Å². The van der Waals surface area contributed by atoms with Gasteiger partial charge in [-0.15, -0.1) is 0 Å². The van der Waals surface area contributed by atoms with E-state index in [4.69, 9.17) is 9.47 Å². The van der Waals surface area contributed by atoms with Crippen LogP contribution in [0.3, 0.4) is 0 Å². The van der Waals surface area contributed by atoms with E-state index >= 15 is 0 Å². The van der Waals surface area contributed by atoms with Crippen LogP contribution in [0.15, 0.2) is 42.5 Å². The Hall–Kier alpha value is -3.02. The molecule has 0 saturated carbocycles.